The molecule has 0 aliphatic heterocycles. The normalized spacial score (nSPS) is 10.2. The molecule has 23 heavy (non-hydrogen) atoms. The molecular weight excluding hydrogens is 296 g/mol. The number of carbonyl (C=O) groups is 2. The van der Waals surface area contributed by atoms with Crippen LogP contribution in [0.15, 0.2) is 47.1 Å². The van der Waals surface area contributed by atoms with Crippen LogP contribution in [-0.2, 0) is 16.1 Å². The lowest BCUT2D eigenvalue weighted by Gasteiger charge is -2.21. The molecule has 0 bridgehead atoms. The fraction of sp³-hybridized carbons (Fsp3) is 0.294. The Morgan fingerprint density at radius 3 is 2.52 bits per heavy atom. The van der Waals surface area contributed by atoms with Gasteiger partial charge in [0.2, 0.25) is 11.8 Å². The minimum atomic E-state index is -0.138. The number of ether oxygens (including phenoxy) is 1. The Labute approximate surface area is 135 Å². The van der Waals surface area contributed by atoms with Crippen LogP contribution in [0.4, 0.5) is 5.69 Å². The summed E-state index contributed by atoms with van der Waals surface area (Å²) < 4.78 is 10.2. The summed E-state index contributed by atoms with van der Waals surface area (Å²) in [6, 6.07) is 10.7. The molecule has 0 saturated heterocycles. The summed E-state index contributed by atoms with van der Waals surface area (Å²) in [5.41, 5.74) is 0.733. The molecule has 1 N–H and O–H groups in total. The average molecular weight is 316 g/mol. The van der Waals surface area contributed by atoms with Crippen LogP contribution in [0.25, 0.3) is 0 Å². The Morgan fingerprint density at radius 2 is 1.96 bits per heavy atom. The predicted molar refractivity (Wildman–Crippen MR) is 86.2 cm³/mol. The highest BCUT2D eigenvalue weighted by molar-refractivity contribution is 5.92. The van der Waals surface area contributed by atoms with E-state index in [1.54, 1.807) is 54.7 Å². The zero-order valence-electron chi connectivity index (χ0n) is 13.2. The van der Waals surface area contributed by atoms with Gasteiger partial charge < -0.3 is 19.4 Å². The van der Waals surface area contributed by atoms with Crippen molar-refractivity contribution in [2.24, 2.45) is 0 Å². The first-order valence-corrected chi connectivity index (χ1v) is 7.31. The van der Waals surface area contributed by atoms with Gasteiger partial charge in [-0.05, 0) is 36.4 Å². The second kappa shape index (κ2) is 8.03. The molecule has 0 radical (unpaired) electrons. The lowest BCUT2D eigenvalue weighted by molar-refractivity contribution is -0.121. The number of methoxy groups -OCH3 is 1. The van der Waals surface area contributed by atoms with Gasteiger partial charge in [0.05, 0.1) is 19.9 Å². The second-order valence-corrected chi connectivity index (χ2v) is 4.97. The van der Waals surface area contributed by atoms with E-state index in [1.807, 2.05) is 0 Å². The zero-order valence-corrected chi connectivity index (χ0v) is 13.2. The van der Waals surface area contributed by atoms with Crippen LogP contribution in [-0.4, -0.2) is 25.5 Å². The van der Waals surface area contributed by atoms with Crippen LogP contribution < -0.4 is 15.0 Å². The molecule has 0 unspecified atom stereocenters. The minimum absolute atomic E-state index is 0.117. The van der Waals surface area contributed by atoms with E-state index in [2.05, 4.69) is 5.32 Å². The topological polar surface area (TPSA) is 71.8 Å². The van der Waals surface area contributed by atoms with Gasteiger partial charge in [0.1, 0.15) is 11.5 Å². The quantitative estimate of drug-likeness (QED) is 0.851. The van der Waals surface area contributed by atoms with E-state index in [9.17, 15) is 9.59 Å². The Balaban J connectivity index is 1.88. The number of nitrogens with one attached hydrogen (secondary N) is 1. The standard InChI is InChI=1S/C17H20N2O4/c1-13(20)19(14-5-7-15(22-2)8-6-14)10-9-17(21)18-12-16-4-3-11-23-16/h3-8,11H,9-10,12H2,1-2H3,(H,18,21). The van der Waals surface area contributed by atoms with Gasteiger partial charge in [-0.3, -0.25) is 9.59 Å². The van der Waals surface area contributed by atoms with E-state index in [-0.39, 0.29) is 18.2 Å². The number of amides is 2. The van der Waals surface area contributed by atoms with Crippen LogP contribution in [0.1, 0.15) is 19.1 Å². The highest BCUT2D eigenvalue weighted by atomic mass is 16.5. The highest BCUT2D eigenvalue weighted by Gasteiger charge is 2.13. The molecule has 2 aromatic rings. The summed E-state index contributed by atoms with van der Waals surface area (Å²) >= 11 is 0. The largest absolute Gasteiger partial charge is 0.497 e. The van der Waals surface area contributed by atoms with Gasteiger partial charge >= 0.3 is 0 Å². The van der Waals surface area contributed by atoms with Crippen molar-refractivity contribution < 1.29 is 18.7 Å². The fourth-order valence-electron chi connectivity index (χ4n) is 2.13. The lowest BCUT2D eigenvalue weighted by Crippen LogP contribution is -2.33. The van der Waals surface area contributed by atoms with Crippen molar-refractivity contribution in [3.8, 4) is 5.75 Å². The van der Waals surface area contributed by atoms with Gasteiger partial charge in [-0.15, -0.1) is 0 Å². The first-order chi connectivity index (χ1) is 11.1. The Bertz CT molecular complexity index is 635. The molecule has 122 valence electrons. The van der Waals surface area contributed by atoms with Crippen LogP contribution in [0, 0.1) is 0 Å². The molecule has 0 spiro atoms. The molecule has 1 aromatic carbocycles. The molecule has 6 nitrogen and oxygen atoms in total. The van der Waals surface area contributed by atoms with Crippen molar-refractivity contribution in [2.75, 3.05) is 18.6 Å². The van der Waals surface area contributed by atoms with Crippen LogP contribution in [0.5, 0.6) is 5.75 Å². The van der Waals surface area contributed by atoms with Gasteiger partial charge in [0.15, 0.2) is 0 Å². The predicted octanol–water partition coefficient (Wildman–Crippen LogP) is 2.35. The molecule has 6 heteroatoms. The summed E-state index contributed by atoms with van der Waals surface area (Å²) in [7, 11) is 1.58. The zero-order chi connectivity index (χ0) is 16.7. The number of hydrogen-bond acceptors (Lipinski definition) is 4. The Kier molecular flexibility index (Phi) is 5.80. The molecule has 0 fully saturated rings. The SMILES string of the molecule is COc1ccc(N(CCC(=O)NCc2ccco2)C(C)=O)cc1. The van der Waals surface area contributed by atoms with Gasteiger partial charge in [-0.1, -0.05) is 0 Å². The number of carbonyl (C=O) groups excluding carboxylic acids is 2. The van der Waals surface area contributed by atoms with Crippen molar-refractivity contribution in [2.45, 2.75) is 19.9 Å². The summed E-state index contributed by atoms with van der Waals surface area (Å²) in [5, 5.41) is 2.76. The molecule has 0 saturated carbocycles. The van der Waals surface area contributed by atoms with Gasteiger partial charge in [-0.25, -0.2) is 0 Å². The average Bonchev–Trinajstić information content (AvgIpc) is 3.07. The number of hydrogen-bond donors (Lipinski definition) is 1. The molecule has 0 atom stereocenters. The fourth-order valence-corrected chi connectivity index (χ4v) is 2.13. The van der Waals surface area contributed by atoms with E-state index < -0.39 is 0 Å². The molecule has 0 aliphatic carbocycles. The molecular formula is C17H20N2O4. The van der Waals surface area contributed by atoms with E-state index >= 15 is 0 Å². The molecule has 1 heterocycles. The van der Waals surface area contributed by atoms with Crippen molar-refractivity contribution in [1.82, 2.24) is 5.32 Å². The third-order valence-corrected chi connectivity index (χ3v) is 3.37. The number of anilines is 1. The third kappa shape index (κ3) is 4.88. The number of furan rings is 1. The summed E-state index contributed by atoms with van der Waals surface area (Å²) in [5.74, 6) is 1.15. The van der Waals surface area contributed by atoms with Crippen molar-refractivity contribution in [3.05, 3.63) is 48.4 Å². The van der Waals surface area contributed by atoms with Gasteiger partial charge in [0, 0.05) is 25.6 Å². The molecule has 2 amide bonds. The lowest BCUT2D eigenvalue weighted by atomic mass is 10.2. The molecule has 1 aromatic heterocycles. The van der Waals surface area contributed by atoms with E-state index in [0.717, 1.165) is 5.69 Å². The number of benzene rings is 1. The number of rotatable bonds is 7. The maximum absolute atomic E-state index is 11.9. The Morgan fingerprint density at radius 1 is 1.22 bits per heavy atom. The smallest absolute Gasteiger partial charge is 0.223 e. The number of nitrogens with zero attached hydrogens (tertiary/aromatic N) is 1. The highest BCUT2D eigenvalue weighted by Crippen LogP contribution is 2.19. The first-order valence-electron chi connectivity index (χ1n) is 7.31. The van der Waals surface area contributed by atoms with Gasteiger partial charge in [0.25, 0.3) is 0 Å². The summed E-state index contributed by atoms with van der Waals surface area (Å²) in [6.45, 7) is 2.13. The molecule has 2 rings (SSSR count). The molecule has 0 aliphatic rings. The van der Waals surface area contributed by atoms with E-state index in [0.29, 0.717) is 24.6 Å². The maximum Gasteiger partial charge on any atom is 0.223 e. The first kappa shape index (κ1) is 16.6. The monoisotopic (exact) mass is 316 g/mol. The van der Waals surface area contributed by atoms with Crippen molar-refractivity contribution in [3.63, 3.8) is 0 Å². The van der Waals surface area contributed by atoms with Gasteiger partial charge in [-0.2, -0.15) is 0 Å². The van der Waals surface area contributed by atoms with Crippen LogP contribution in [0.3, 0.4) is 0 Å². The second-order valence-electron chi connectivity index (χ2n) is 4.97. The summed E-state index contributed by atoms with van der Waals surface area (Å²) in [6.07, 6.45) is 1.77. The minimum Gasteiger partial charge on any atom is -0.497 e. The van der Waals surface area contributed by atoms with Crippen molar-refractivity contribution in [1.29, 1.82) is 0 Å². The van der Waals surface area contributed by atoms with E-state index in [1.165, 1.54) is 6.92 Å². The Hall–Kier alpha value is -2.76. The van der Waals surface area contributed by atoms with Crippen LogP contribution >= 0.6 is 0 Å². The third-order valence-electron chi connectivity index (χ3n) is 3.37. The maximum atomic E-state index is 11.9. The van der Waals surface area contributed by atoms with Crippen LogP contribution in [0.2, 0.25) is 0 Å². The summed E-state index contributed by atoms with van der Waals surface area (Å²) in [4.78, 5) is 25.3. The van der Waals surface area contributed by atoms with Crippen molar-refractivity contribution >= 4 is 17.5 Å². The van der Waals surface area contributed by atoms with E-state index in [4.69, 9.17) is 9.15 Å².